The summed E-state index contributed by atoms with van der Waals surface area (Å²) >= 11 is 0. The third-order valence-electron chi connectivity index (χ3n) is 6.84. The molecule has 3 heterocycles. The van der Waals surface area contributed by atoms with Crippen LogP contribution in [0.15, 0.2) is 109 Å². The first kappa shape index (κ1) is 26.4. The van der Waals surface area contributed by atoms with Gasteiger partial charge in [0.2, 0.25) is 0 Å². The van der Waals surface area contributed by atoms with Crippen LogP contribution < -0.4 is 11.1 Å². The number of aromatic nitrogens is 4. The number of hydrogen-bond acceptors (Lipinski definition) is 6. The number of carbonyl (C=O) groups excluding carboxylic acids is 1. The SMILES string of the molecule is Nc1ncccc1-c1nc2ccc(-c3ccccc3)nc2n1-c1ccc(C(=O)NCc2cccc(CC(=O)O)c2)cc1. The van der Waals surface area contributed by atoms with Crippen LogP contribution in [0.2, 0.25) is 0 Å². The molecule has 0 saturated heterocycles. The number of nitrogen functional groups attached to an aromatic ring is 1. The van der Waals surface area contributed by atoms with Crippen LogP contribution in [-0.2, 0) is 17.8 Å². The number of pyridine rings is 2. The predicted molar refractivity (Wildman–Crippen MR) is 161 cm³/mol. The number of anilines is 1. The van der Waals surface area contributed by atoms with Crippen molar-refractivity contribution in [1.82, 2.24) is 24.8 Å². The molecule has 0 spiro atoms. The topological polar surface area (TPSA) is 136 Å². The van der Waals surface area contributed by atoms with E-state index in [4.69, 9.17) is 20.8 Å². The molecule has 1 amide bonds. The molecule has 0 saturated carbocycles. The number of amides is 1. The van der Waals surface area contributed by atoms with Crippen LogP contribution in [0.25, 0.3) is 39.5 Å². The molecular weight excluding hydrogens is 528 g/mol. The second-order valence-electron chi connectivity index (χ2n) is 9.73. The number of fused-ring (bicyclic) bond motifs is 1. The number of benzene rings is 3. The predicted octanol–water partition coefficient (Wildman–Crippen LogP) is 5.29. The summed E-state index contributed by atoms with van der Waals surface area (Å²) in [5.74, 6) is -0.211. The van der Waals surface area contributed by atoms with Gasteiger partial charge >= 0.3 is 5.97 Å². The van der Waals surface area contributed by atoms with Crippen molar-refractivity contribution in [2.75, 3.05) is 5.73 Å². The Hall–Kier alpha value is -5.83. The highest BCUT2D eigenvalue weighted by Gasteiger charge is 2.19. The number of nitrogens with one attached hydrogen (secondary N) is 1. The number of nitrogens with zero attached hydrogens (tertiary/aromatic N) is 4. The van der Waals surface area contributed by atoms with Gasteiger partial charge < -0.3 is 16.2 Å². The van der Waals surface area contributed by atoms with E-state index >= 15 is 0 Å². The van der Waals surface area contributed by atoms with E-state index in [1.54, 1.807) is 36.5 Å². The van der Waals surface area contributed by atoms with Crippen LogP contribution >= 0.6 is 0 Å². The summed E-state index contributed by atoms with van der Waals surface area (Å²) in [7, 11) is 0. The fourth-order valence-corrected chi connectivity index (χ4v) is 4.83. The Morgan fingerprint density at radius 2 is 1.62 bits per heavy atom. The van der Waals surface area contributed by atoms with E-state index in [0.717, 1.165) is 22.5 Å². The molecule has 3 aromatic carbocycles. The van der Waals surface area contributed by atoms with Crippen molar-refractivity contribution in [1.29, 1.82) is 0 Å². The van der Waals surface area contributed by atoms with Crippen molar-refractivity contribution in [3.63, 3.8) is 0 Å². The van der Waals surface area contributed by atoms with Gasteiger partial charge in [-0.3, -0.25) is 14.2 Å². The zero-order valence-electron chi connectivity index (χ0n) is 22.4. The maximum absolute atomic E-state index is 13.0. The van der Waals surface area contributed by atoms with Gasteiger partial charge in [-0.25, -0.2) is 15.0 Å². The highest BCUT2D eigenvalue weighted by molar-refractivity contribution is 5.94. The minimum absolute atomic E-state index is 0.0689. The second-order valence-corrected chi connectivity index (χ2v) is 9.73. The maximum atomic E-state index is 13.0. The van der Waals surface area contributed by atoms with Gasteiger partial charge in [-0.15, -0.1) is 0 Å². The summed E-state index contributed by atoms with van der Waals surface area (Å²) in [6, 6.07) is 31.8. The average molecular weight is 555 g/mol. The minimum atomic E-state index is -0.900. The highest BCUT2D eigenvalue weighted by atomic mass is 16.4. The van der Waals surface area contributed by atoms with E-state index in [1.807, 2.05) is 77.4 Å². The molecule has 4 N–H and O–H groups in total. The molecule has 0 bridgehead atoms. The van der Waals surface area contributed by atoms with E-state index in [2.05, 4.69) is 10.3 Å². The van der Waals surface area contributed by atoms with Gasteiger partial charge in [-0.2, -0.15) is 0 Å². The summed E-state index contributed by atoms with van der Waals surface area (Å²) in [4.78, 5) is 38.1. The van der Waals surface area contributed by atoms with Gasteiger partial charge in [0, 0.05) is 29.6 Å². The van der Waals surface area contributed by atoms with Gasteiger partial charge in [-0.1, -0.05) is 54.6 Å². The third kappa shape index (κ3) is 5.44. The molecule has 0 unspecified atom stereocenters. The molecule has 6 aromatic rings. The number of carbonyl (C=O) groups is 2. The summed E-state index contributed by atoms with van der Waals surface area (Å²) in [5.41, 5.74) is 12.8. The molecule has 0 radical (unpaired) electrons. The van der Waals surface area contributed by atoms with E-state index in [9.17, 15) is 9.59 Å². The summed E-state index contributed by atoms with van der Waals surface area (Å²) in [6.45, 7) is 0.275. The van der Waals surface area contributed by atoms with Crippen LogP contribution in [0.4, 0.5) is 5.82 Å². The molecular formula is C33H26N6O3. The zero-order valence-corrected chi connectivity index (χ0v) is 22.4. The lowest BCUT2D eigenvalue weighted by Gasteiger charge is -2.12. The lowest BCUT2D eigenvalue weighted by molar-refractivity contribution is -0.136. The highest BCUT2D eigenvalue weighted by Crippen LogP contribution is 2.31. The average Bonchev–Trinajstić information content (AvgIpc) is 3.39. The Morgan fingerprint density at radius 3 is 2.38 bits per heavy atom. The molecule has 0 atom stereocenters. The molecule has 206 valence electrons. The molecule has 3 aromatic heterocycles. The zero-order chi connectivity index (χ0) is 29.1. The number of nitrogens with two attached hydrogens (primary N) is 1. The fourth-order valence-electron chi connectivity index (χ4n) is 4.83. The molecule has 0 aliphatic carbocycles. The molecule has 0 aliphatic rings. The Bertz CT molecular complexity index is 1920. The first-order chi connectivity index (χ1) is 20.5. The van der Waals surface area contributed by atoms with Crippen LogP contribution in [0.3, 0.4) is 0 Å². The van der Waals surface area contributed by atoms with Crippen molar-refractivity contribution in [2.24, 2.45) is 0 Å². The van der Waals surface area contributed by atoms with Gasteiger partial charge in [0.15, 0.2) is 11.5 Å². The number of carboxylic acid groups (broad SMARTS) is 1. The third-order valence-corrected chi connectivity index (χ3v) is 6.84. The lowest BCUT2D eigenvalue weighted by atomic mass is 10.1. The quantitative estimate of drug-likeness (QED) is 0.233. The van der Waals surface area contributed by atoms with Crippen LogP contribution in [0, 0.1) is 0 Å². The largest absolute Gasteiger partial charge is 0.481 e. The summed E-state index contributed by atoms with van der Waals surface area (Å²) < 4.78 is 1.92. The first-order valence-electron chi connectivity index (χ1n) is 13.3. The van der Waals surface area contributed by atoms with Crippen LogP contribution in [0.1, 0.15) is 21.5 Å². The van der Waals surface area contributed by atoms with Gasteiger partial charge in [-0.05, 0) is 59.7 Å². The molecule has 9 nitrogen and oxygen atoms in total. The monoisotopic (exact) mass is 554 g/mol. The number of rotatable bonds is 8. The number of aliphatic carboxylic acids is 1. The van der Waals surface area contributed by atoms with E-state index in [0.29, 0.717) is 39.5 Å². The molecule has 0 aliphatic heterocycles. The second kappa shape index (κ2) is 11.3. The standard InChI is InChI=1S/C33H26N6O3/c34-30-26(10-5-17-35-30)31-38-28-16-15-27(23-8-2-1-3-9-23)37-32(28)39(31)25-13-11-24(12-14-25)33(42)36-20-22-7-4-6-21(18-22)19-29(40)41/h1-18H,19-20H2,(H2,34,35)(H,36,42)(H,40,41). The Labute approximate surface area is 241 Å². The van der Waals surface area contributed by atoms with E-state index < -0.39 is 5.97 Å². The number of hydrogen-bond donors (Lipinski definition) is 3. The maximum Gasteiger partial charge on any atom is 0.307 e. The number of carboxylic acids is 1. The summed E-state index contributed by atoms with van der Waals surface area (Å²) in [6.07, 6.45) is 1.56. The smallest absolute Gasteiger partial charge is 0.307 e. The van der Waals surface area contributed by atoms with E-state index in [-0.39, 0.29) is 18.9 Å². The van der Waals surface area contributed by atoms with Crippen molar-refractivity contribution in [2.45, 2.75) is 13.0 Å². The molecule has 6 rings (SSSR count). The van der Waals surface area contributed by atoms with Crippen molar-refractivity contribution in [3.05, 3.63) is 126 Å². The molecule has 42 heavy (non-hydrogen) atoms. The van der Waals surface area contributed by atoms with Crippen LogP contribution in [0.5, 0.6) is 0 Å². The fraction of sp³-hybridized carbons (Fsp3) is 0.0606. The van der Waals surface area contributed by atoms with Gasteiger partial charge in [0.1, 0.15) is 11.3 Å². The molecule has 0 fully saturated rings. The Morgan fingerprint density at radius 1 is 0.833 bits per heavy atom. The summed E-state index contributed by atoms with van der Waals surface area (Å²) in [5, 5.41) is 12.0. The van der Waals surface area contributed by atoms with Gasteiger partial charge in [0.25, 0.3) is 5.91 Å². The van der Waals surface area contributed by atoms with Crippen molar-refractivity contribution >= 4 is 28.9 Å². The van der Waals surface area contributed by atoms with Crippen molar-refractivity contribution < 1.29 is 14.7 Å². The number of imidazole rings is 1. The Kier molecular flexibility index (Phi) is 7.13. The normalized spacial score (nSPS) is 11.0. The van der Waals surface area contributed by atoms with Gasteiger partial charge in [0.05, 0.1) is 17.7 Å². The molecule has 9 heteroatoms. The van der Waals surface area contributed by atoms with Crippen LogP contribution in [-0.4, -0.2) is 36.5 Å². The Balaban J connectivity index is 1.33. The van der Waals surface area contributed by atoms with E-state index in [1.165, 1.54) is 0 Å². The van der Waals surface area contributed by atoms with Crippen molar-refractivity contribution in [3.8, 4) is 28.3 Å². The lowest BCUT2D eigenvalue weighted by Crippen LogP contribution is -2.22. The minimum Gasteiger partial charge on any atom is -0.481 e. The first-order valence-corrected chi connectivity index (χ1v) is 13.3.